The van der Waals surface area contributed by atoms with Gasteiger partial charge < -0.3 is 0 Å². The van der Waals surface area contributed by atoms with Crippen LogP contribution in [0, 0.1) is 5.92 Å². The molecule has 23 heavy (non-hydrogen) atoms. The van der Waals surface area contributed by atoms with E-state index in [0.29, 0.717) is 6.08 Å². The predicted octanol–water partition coefficient (Wildman–Crippen LogP) is 3.94. The van der Waals surface area contributed by atoms with Crippen molar-refractivity contribution < 1.29 is 47.9 Å². The molecule has 2 atom stereocenters. The minimum atomic E-state index is -7.21. The van der Waals surface area contributed by atoms with Gasteiger partial charge in [-0.05, 0) is 25.2 Å². The van der Waals surface area contributed by atoms with Crippen LogP contribution < -0.4 is 0 Å². The van der Waals surface area contributed by atoms with E-state index in [4.69, 9.17) is 0 Å². The van der Waals surface area contributed by atoms with Gasteiger partial charge in [0.25, 0.3) is 0 Å². The van der Waals surface area contributed by atoms with E-state index in [1.165, 1.54) is 0 Å². The summed E-state index contributed by atoms with van der Waals surface area (Å²) in [5, 5.41) is -6.59. The summed E-state index contributed by atoms with van der Waals surface area (Å²) in [5.74, 6) is -14.9. The van der Waals surface area contributed by atoms with Crippen LogP contribution in [0.3, 0.4) is 0 Å². The van der Waals surface area contributed by atoms with Crippen LogP contribution in [0.2, 0.25) is 0 Å². The summed E-state index contributed by atoms with van der Waals surface area (Å²) in [4.78, 5) is 0. The summed E-state index contributed by atoms with van der Waals surface area (Å²) in [6, 6.07) is 0. The first-order chi connectivity index (χ1) is 10.0. The first-order valence-electron chi connectivity index (χ1n) is 6.17. The van der Waals surface area contributed by atoms with Crippen LogP contribution in [0.4, 0.5) is 39.5 Å². The number of allylic oxidation sites excluding steroid dienone is 1. The highest BCUT2D eigenvalue weighted by Gasteiger charge is 2.86. The molecule has 0 aromatic rings. The van der Waals surface area contributed by atoms with Gasteiger partial charge in [-0.2, -0.15) is 39.5 Å². The first kappa shape index (κ1) is 18.4. The summed E-state index contributed by atoms with van der Waals surface area (Å²) in [6.07, 6.45) is -6.27. The molecule has 0 aliphatic heterocycles. The van der Waals surface area contributed by atoms with E-state index in [-0.39, 0.29) is 6.42 Å². The maximum Gasteiger partial charge on any atom is 0.460 e. The third-order valence-electron chi connectivity index (χ3n) is 4.21. The normalized spacial score (nSPS) is 29.3. The predicted molar refractivity (Wildman–Crippen MR) is 59.0 cm³/mol. The van der Waals surface area contributed by atoms with Crippen molar-refractivity contribution in [2.75, 3.05) is 0 Å². The van der Waals surface area contributed by atoms with Crippen molar-refractivity contribution >= 4 is 9.84 Å². The molecular formula is C11H9F9O2S. The molecule has 2 rings (SSSR count). The molecule has 12 heteroatoms. The minimum Gasteiger partial charge on any atom is -0.221 e. The minimum absolute atomic E-state index is 0.0348. The molecule has 1 fully saturated rings. The Bertz CT molecular complexity index is 634. The van der Waals surface area contributed by atoms with Crippen molar-refractivity contribution in [3.8, 4) is 0 Å². The lowest BCUT2D eigenvalue weighted by atomic mass is 10.1. The molecule has 0 spiro atoms. The maximum absolute atomic E-state index is 13.8. The van der Waals surface area contributed by atoms with Gasteiger partial charge in [0, 0.05) is 0 Å². The van der Waals surface area contributed by atoms with Crippen LogP contribution in [-0.2, 0) is 9.84 Å². The van der Waals surface area contributed by atoms with Gasteiger partial charge in [0.15, 0.2) is 0 Å². The SMILES string of the molecule is O=S(=O)(C12C=CC(CC1)C2)C(F)(F)C(F)(F)C(F)(F)C(F)(F)F. The molecule has 0 aromatic carbocycles. The van der Waals surface area contributed by atoms with Crippen LogP contribution in [0.15, 0.2) is 12.2 Å². The van der Waals surface area contributed by atoms with Crippen molar-refractivity contribution in [2.24, 2.45) is 5.92 Å². The van der Waals surface area contributed by atoms with E-state index in [2.05, 4.69) is 0 Å². The molecule has 1 saturated carbocycles. The lowest BCUT2D eigenvalue weighted by Crippen LogP contribution is -2.65. The number of hydrogen-bond donors (Lipinski definition) is 0. The lowest BCUT2D eigenvalue weighted by molar-refractivity contribution is -0.382. The summed E-state index contributed by atoms with van der Waals surface area (Å²) in [5.41, 5.74) is 0. The second-order valence-corrected chi connectivity index (χ2v) is 7.93. The fourth-order valence-electron chi connectivity index (χ4n) is 2.82. The number of rotatable bonds is 4. The van der Waals surface area contributed by atoms with Crippen molar-refractivity contribution in [1.82, 2.24) is 0 Å². The number of hydrogen-bond acceptors (Lipinski definition) is 2. The van der Waals surface area contributed by atoms with Crippen LogP contribution in [0.5, 0.6) is 0 Å². The van der Waals surface area contributed by atoms with Crippen LogP contribution in [0.1, 0.15) is 19.3 Å². The van der Waals surface area contributed by atoms with Gasteiger partial charge in [-0.15, -0.1) is 0 Å². The zero-order valence-electron chi connectivity index (χ0n) is 11.0. The lowest BCUT2D eigenvalue weighted by Gasteiger charge is -2.37. The summed E-state index contributed by atoms with van der Waals surface area (Å²) in [7, 11) is -6.36. The zero-order valence-corrected chi connectivity index (χ0v) is 11.8. The number of fused-ring (bicyclic) bond motifs is 2. The fraction of sp³-hybridized carbons (Fsp3) is 0.818. The first-order valence-corrected chi connectivity index (χ1v) is 7.65. The van der Waals surface area contributed by atoms with Gasteiger partial charge in [0.2, 0.25) is 9.84 Å². The Morgan fingerprint density at radius 3 is 1.74 bits per heavy atom. The molecule has 0 radical (unpaired) electrons. The highest BCUT2D eigenvalue weighted by molar-refractivity contribution is 7.94. The van der Waals surface area contributed by atoms with E-state index in [1.807, 2.05) is 0 Å². The van der Waals surface area contributed by atoms with Crippen molar-refractivity contribution in [3.63, 3.8) is 0 Å². The van der Waals surface area contributed by atoms with E-state index in [9.17, 15) is 47.9 Å². The van der Waals surface area contributed by atoms with Crippen LogP contribution in [-0.4, -0.2) is 36.4 Å². The number of halogens is 9. The van der Waals surface area contributed by atoms with Crippen LogP contribution in [0.25, 0.3) is 0 Å². The van der Waals surface area contributed by atoms with Gasteiger partial charge in [-0.1, -0.05) is 12.2 Å². The second-order valence-electron chi connectivity index (χ2n) is 5.59. The van der Waals surface area contributed by atoms with Gasteiger partial charge in [-0.25, -0.2) is 8.42 Å². The summed E-state index contributed by atoms with van der Waals surface area (Å²) >= 11 is 0. The molecule has 2 bridgehead atoms. The Labute approximate surface area is 124 Å². The topological polar surface area (TPSA) is 34.1 Å². The Hall–Kier alpha value is -0.940. The number of alkyl halides is 9. The zero-order chi connectivity index (χ0) is 18.1. The molecule has 0 aromatic heterocycles. The van der Waals surface area contributed by atoms with E-state index >= 15 is 0 Å². The van der Waals surface area contributed by atoms with Crippen molar-refractivity contribution in [2.45, 2.75) is 47.3 Å². The average molecular weight is 376 g/mol. The standard InChI is InChI=1S/C11H9F9O2S/c12-8(13,10(16,17)18)9(14,15)11(19,20)23(21,22)7-3-1-6(5-7)2-4-7/h1,3,6H,2,4-5H2. The largest absolute Gasteiger partial charge is 0.460 e. The third kappa shape index (κ3) is 2.05. The highest BCUT2D eigenvalue weighted by Crippen LogP contribution is 2.59. The Kier molecular flexibility index (Phi) is 3.66. The molecule has 0 saturated heterocycles. The molecule has 2 unspecified atom stereocenters. The quantitative estimate of drug-likeness (QED) is 0.550. The highest BCUT2D eigenvalue weighted by atomic mass is 32.2. The molecule has 2 nitrogen and oxygen atoms in total. The van der Waals surface area contributed by atoms with Gasteiger partial charge >= 0.3 is 23.3 Å². The molecule has 0 amide bonds. The Morgan fingerprint density at radius 2 is 1.43 bits per heavy atom. The summed E-state index contributed by atoms with van der Waals surface area (Å²) < 4.78 is 137. The van der Waals surface area contributed by atoms with E-state index < -0.39 is 56.6 Å². The molecular weight excluding hydrogens is 367 g/mol. The molecule has 2 aliphatic rings. The van der Waals surface area contributed by atoms with Crippen molar-refractivity contribution in [3.05, 3.63) is 12.2 Å². The van der Waals surface area contributed by atoms with Crippen molar-refractivity contribution in [1.29, 1.82) is 0 Å². The fourth-order valence-corrected chi connectivity index (χ4v) is 4.88. The van der Waals surface area contributed by atoms with E-state index in [0.717, 1.165) is 6.08 Å². The van der Waals surface area contributed by atoms with Gasteiger partial charge in [-0.3, -0.25) is 0 Å². The van der Waals surface area contributed by atoms with E-state index in [1.54, 1.807) is 0 Å². The maximum atomic E-state index is 13.8. The Balaban J connectivity index is 2.55. The average Bonchev–Trinajstić information content (AvgIpc) is 2.98. The van der Waals surface area contributed by atoms with Crippen LogP contribution >= 0.6 is 0 Å². The monoisotopic (exact) mass is 376 g/mol. The third-order valence-corrected chi connectivity index (χ3v) is 6.72. The van der Waals surface area contributed by atoms with Gasteiger partial charge in [0.1, 0.15) is 0 Å². The summed E-state index contributed by atoms with van der Waals surface area (Å²) in [6.45, 7) is 0. The van der Waals surface area contributed by atoms with Gasteiger partial charge in [0.05, 0.1) is 4.75 Å². The molecule has 0 N–H and O–H groups in total. The Morgan fingerprint density at radius 1 is 0.913 bits per heavy atom. The molecule has 0 heterocycles. The number of sulfone groups is 1. The molecule has 134 valence electrons. The molecule has 2 aliphatic carbocycles. The second kappa shape index (κ2) is 4.57. The smallest absolute Gasteiger partial charge is 0.221 e.